The number of ether oxygens (including phenoxy) is 2. The van der Waals surface area contributed by atoms with Crippen molar-refractivity contribution in [3.05, 3.63) is 70.2 Å². The van der Waals surface area contributed by atoms with Gasteiger partial charge in [0.15, 0.2) is 0 Å². The highest BCUT2D eigenvalue weighted by Crippen LogP contribution is 2.30. The Balaban J connectivity index is 1.70. The van der Waals surface area contributed by atoms with E-state index in [4.69, 9.17) is 21.1 Å². The third-order valence-electron chi connectivity index (χ3n) is 3.33. The van der Waals surface area contributed by atoms with Gasteiger partial charge in [-0.05, 0) is 18.2 Å². The van der Waals surface area contributed by atoms with Crippen LogP contribution in [0.2, 0.25) is 5.02 Å². The standard InChI is InChI=1S/C18H14ClNO3S/c1-22-16-9-5-3-7-14(16)18(21)23-10-12-11-24-17(20-12)13-6-2-4-8-15(13)19/h2-9,11H,10H2,1H3. The van der Waals surface area contributed by atoms with Gasteiger partial charge in [0.1, 0.15) is 22.9 Å². The van der Waals surface area contributed by atoms with Crippen LogP contribution in [-0.4, -0.2) is 18.1 Å². The number of benzene rings is 2. The Labute approximate surface area is 148 Å². The Kier molecular flexibility index (Phi) is 5.13. The van der Waals surface area contributed by atoms with Crippen molar-refractivity contribution >= 4 is 28.9 Å². The first-order valence-electron chi connectivity index (χ1n) is 7.18. The van der Waals surface area contributed by atoms with Crippen molar-refractivity contribution in [2.75, 3.05) is 7.11 Å². The highest BCUT2D eigenvalue weighted by atomic mass is 35.5. The van der Waals surface area contributed by atoms with Gasteiger partial charge in [0.05, 0.1) is 17.8 Å². The topological polar surface area (TPSA) is 48.4 Å². The van der Waals surface area contributed by atoms with Crippen molar-refractivity contribution in [2.45, 2.75) is 6.61 Å². The molecule has 0 saturated carbocycles. The summed E-state index contributed by atoms with van der Waals surface area (Å²) in [4.78, 5) is 16.7. The second kappa shape index (κ2) is 7.47. The molecule has 122 valence electrons. The maximum Gasteiger partial charge on any atom is 0.342 e. The molecule has 6 heteroatoms. The molecule has 3 aromatic rings. The maximum absolute atomic E-state index is 12.2. The van der Waals surface area contributed by atoms with Gasteiger partial charge in [-0.25, -0.2) is 9.78 Å². The zero-order chi connectivity index (χ0) is 16.9. The molecule has 0 aliphatic carbocycles. The van der Waals surface area contributed by atoms with Gasteiger partial charge >= 0.3 is 5.97 Å². The number of carbonyl (C=O) groups is 1. The monoisotopic (exact) mass is 359 g/mol. The molecule has 4 nitrogen and oxygen atoms in total. The molecule has 0 radical (unpaired) electrons. The van der Waals surface area contributed by atoms with Crippen LogP contribution in [0.5, 0.6) is 5.75 Å². The van der Waals surface area contributed by atoms with Gasteiger partial charge in [0.2, 0.25) is 0 Å². The number of hydrogen-bond acceptors (Lipinski definition) is 5. The van der Waals surface area contributed by atoms with Crippen LogP contribution < -0.4 is 4.74 Å². The van der Waals surface area contributed by atoms with E-state index in [-0.39, 0.29) is 6.61 Å². The fraction of sp³-hybridized carbons (Fsp3) is 0.111. The fourth-order valence-electron chi connectivity index (χ4n) is 2.16. The van der Waals surface area contributed by atoms with Crippen molar-refractivity contribution in [3.8, 4) is 16.3 Å². The lowest BCUT2D eigenvalue weighted by molar-refractivity contribution is 0.0465. The number of hydrogen-bond donors (Lipinski definition) is 0. The molecule has 0 atom stereocenters. The molecule has 0 bridgehead atoms. The van der Waals surface area contributed by atoms with Gasteiger partial charge in [0.25, 0.3) is 0 Å². The van der Waals surface area contributed by atoms with Gasteiger partial charge in [-0.1, -0.05) is 41.9 Å². The number of para-hydroxylation sites is 1. The molecule has 0 unspecified atom stereocenters. The largest absolute Gasteiger partial charge is 0.496 e. The quantitative estimate of drug-likeness (QED) is 0.612. The molecule has 0 N–H and O–H groups in total. The van der Waals surface area contributed by atoms with E-state index in [1.165, 1.54) is 18.4 Å². The first-order valence-corrected chi connectivity index (χ1v) is 8.44. The zero-order valence-electron chi connectivity index (χ0n) is 12.9. The van der Waals surface area contributed by atoms with Crippen LogP contribution in [-0.2, 0) is 11.3 Å². The molecule has 1 heterocycles. The Hall–Kier alpha value is -2.37. The van der Waals surface area contributed by atoms with E-state index in [0.29, 0.717) is 22.0 Å². The van der Waals surface area contributed by atoms with Crippen molar-refractivity contribution in [2.24, 2.45) is 0 Å². The number of methoxy groups -OCH3 is 1. The highest BCUT2D eigenvalue weighted by molar-refractivity contribution is 7.13. The number of nitrogens with zero attached hydrogens (tertiary/aromatic N) is 1. The number of rotatable bonds is 5. The first-order chi connectivity index (χ1) is 11.7. The van der Waals surface area contributed by atoms with E-state index < -0.39 is 5.97 Å². The minimum atomic E-state index is -0.445. The summed E-state index contributed by atoms with van der Waals surface area (Å²) < 4.78 is 10.5. The lowest BCUT2D eigenvalue weighted by Crippen LogP contribution is -2.07. The fourth-order valence-corrected chi connectivity index (χ4v) is 3.29. The molecule has 0 spiro atoms. The lowest BCUT2D eigenvalue weighted by atomic mass is 10.2. The summed E-state index contributed by atoms with van der Waals surface area (Å²) in [7, 11) is 1.52. The summed E-state index contributed by atoms with van der Waals surface area (Å²) in [6.45, 7) is 0.0951. The molecule has 2 aromatic carbocycles. The number of carbonyl (C=O) groups excluding carboxylic acids is 1. The van der Waals surface area contributed by atoms with Gasteiger partial charge in [-0.2, -0.15) is 0 Å². The average Bonchev–Trinajstić information content (AvgIpc) is 3.08. The minimum Gasteiger partial charge on any atom is -0.496 e. The van der Waals surface area contributed by atoms with Crippen molar-refractivity contribution in [3.63, 3.8) is 0 Å². The molecule has 1 aromatic heterocycles. The zero-order valence-corrected chi connectivity index (χ0v) is 14.4. The Bertz CT molecular complexity index is 863. The number of aromatic nitrogens is 1. The third-order valence-corrected chi connectivity index (χ3v) is 4.59. The third kappa shape index (κ3) is 3.58. The van der Waals surface area contributed by atoms with Crippen molar-refractivity contribution < 1.29 is 14.3 Å². The van der Waals surface area contributed by atoms with Gasteiger partial charge in [-0.3, -0.25) is 0 Å². The van der Waals surface area contributed by atoms with E-state index in [1.807, 2.05) is 29.6 Å². The molecule has 0 aliphatic rings. The van der Waals surface area contributed by atoms with Crippen LogP contribution in [0.3, 0.4) is 0 Å². The average molecular weight is 360 g/mol. The first kappa shape index (κ1) is 16.5. The summed E-state index contributed by atoms with van der Waals surface area (Å²) in [5.74, 6) is 0.0391. The van der Waals surface area contributed by atoms with Crippen molar-refractivity contribution in [1.82, 2.24) is 4.98 Å². The molecular weight excluding hydrogens is 346 g/mol. The van der Waals surface area contributed by atoms with Gasteiger partial charge in [-0.15, -0.1) is 11.3 Å². The van der Waals surface area contributed by atoms with Crippen LogP contribution >= 0.6 is 22.9 Å². The molecule has 0 saturated heterocycles. The summed E-state index contributed by atoms with van der Waals surface area (Å²) in [6, 6.07) is 14.4. The predicted molar refractivity (Wildman–Crippen MR) is 94.7 cm³/mol. The SMILES string of the molecule is COc1ccccc1C(=O)OCc1csc(-c2ccccc2Cl)n1. The van der Waals surface area contributed by atoms with Crippen LogP contribution in [0.25, 0.3) is 10.6 Å². The summed E-state index contributed by atoms with van der Waals surface area (Å²) in [6.07, 6.45) is 0. The highest BCUT2D eigenvalue weighted by Gasteiger charge is 2.14. The second-order valence-corrected chi connectivity index (χ2v) is 6.17. The summed E-state index contributed by atoms with van der Waals surface area (Å²) >= 11 is 7.64. The van der Waals surface area contributed by atoms with Crippen molar-refractivity contribution in [1.29, 1.82) is 0 Å². The normalized spacial score (nSPS) is 10.4. The number of esters is 1. The van der Waals surface area contributed by atoms with Gasteiger partial charge in [0, 0.05) is 10.9 Å². The molecule has 0 fully saturated rings. The maximum atomic E-state index is 12.2. The second-order valence-electron chi connectivity index (χ2n) is 4.90. The Morgan fingerprint density at radius 2 is 1.92 bits per heavy atom. The minimum absolute atomic E-state index is 0.0951. The van der Waals surface area contributed by atoms with Gasteiger partial charge < -0.3 is 9.47 Å². The molecule has 0 amide bonds. The van der Waals surface area contributed by atoms with E-state index in [9.17, 15) is 4.79 Å². The predicted octanol–water partition coefficient (Wildman–Crippen LogP) is 4.83. The summed E-state index contributed by atoms with van der Waals surface area (Å²) in [5.41, 5.74) is 1.94. The summed E-state index contributed by atoms with van der Waals surface area (Å²) in [5, 5.41) is 3.29. The van der Waals surface area contributed by atoms with Crippen LogP contribution in [0, 0.1) is 0 Å². The van der Waals surface area contributed by atoms with E-state index in [0.717, 1.165) is 10.6 Å². The van der Waals surface area contributed by atoms with E-state index in [1.54, 1.807) is 24.3 Å². The van der Waals surface area contributed by atoms with Crippen LogP contribution in [0.1, 0.15) is 16.1 Å². The number of thiazole rings is 1. The van der Waals surface area contributed by atoms with Crippen LogP contribution in [0.4, 0.5) is 0 Å². The Morgan fingerprint density at radius 1 is 1.17 bits per heavy atom. The van der Waals surface area contributed by atoms with E-state index >= 15 is 0 Å². The molecule has 0 aliphatic heterocycles. The Morgan fingerprint density at radius 3 is 2.71 bits per heavy atom. The lowest BCUT2D eigenvalue weighted by Gasteiger charge is -2.07. The molecule has 3 rings (SSSR count). The molecule has 24 heavy (non-hydrogen) atoms. The van der Waals surface area contributed by atoms with E-state index in [2.05, 4.69) is 4.98 Å². The smallest absolute Gasteiger partial charge is 0.342 e. The van der Waals surface area contributed by atoms with Crippen LogP contribution in [0.15, 0.2) is 53.9 Å². The number of halogens is 1. The molecular formula is C18H14ClNO3S.